The summed E-state index contributed by atoms with van der Waals surface area (Å²) in [7, 11) is -3.09. The number of piperidine rings is 1. The summed E-state index contributed by atoms with van der Waals surface area (Å²) in [6.45, 7) is 1.03. The zero-order chi connectivity index (χ0) is 14.3. The molecule has 20 heavy (non-hydrogen) atoms. The maximum absolute atomic E-state index is 12.3. The van der Waals surface area contributed by atoms with Crippen LogP contribution in [-0.2, 0) is 14.8 Å². The average Bonchev–Trinajstić information content (AvgIpc) is 3.00. The van der Waals surface area contributed by atoms with Crippen LogP contribution in [0.5, 0.6) is 0 Å². The van der Waals surface area contributed by atoms with Gasteiger partial charge in [-0.25, -0.2) is 12.7 Å². The van der Waals surface area contributed by atoms with Crippen molar-refractivity contribution in [3.05, 3.63) is 0 Å². The number of carbonyl (C=O) groups excluding carboxylic acids is 1. The molecule has 6 nitrogen and oxygen atoms in total. The van der Waals surface area contributed by atoms with Crippen LogP contribution in [0.3, 0.4) is 0 Å². The summed E-state index contributed by atoms with van der Waals surface area (Å²) in [4.78, 5) is 12.3. The molecule has 0 aromatic carbocycles. The molecule has 2 N–H and O–H groups in total. The van der Waals surface area contributed by atoms with E-state index in [1.54, 1.807) is 0 Å². The van der Waals surface area contributed by atoms with E-state index in [9.17, 15) is 13.2 Å². The zero-order valence-corrected chi connectivity index (χ0v) is 12.7. The molecule has 114 valence electrons. The lowest BCUT2D eigenvalue weighted by Crippen LogP contribution is -2.48. The number of nitrogens with zero attached hydrogens (tertiary/aromatic N) is 1. The minimum atomic E-state index is -3.09. The number of sulfonamides is 1. The normalized spacial score (nSPS) is 35.4. The van der Waals surface area contributed by atoms with Gasteiger partial charge in [0.15, 0.2) is 0 Å². The van der Waals surface area contributed by atoms with Crippen LogP contribution >= 0.6 is 0 Å². The summed E-state index contributed by atoms with van der Waals surface area (Å²) < 4.78 is 24.4. The van der Waals surface area contributed by atoms with Crippen LogP contribution in [0.15, 0.2) is 0 Å². The number of hydrogen-bond acceptors (Lipinski definition) is 4. The Balaban J connectivity index is 1.49. The molecule has 0 radical (unpaired) electrons. The van der Waals surface area contributed by atoms with Crippen molar-refractivity contribution in [1.29, 1.82) is 0 Å². The van der Waals surface area contributed by atoms with E-state index in [-0.39, 0.29) is 17.9 Å². The molecule has 0 aliphatic carbocycles. The highest BCUT2D eigenvalue weighted by Gasteiger charge is 2.43. The molecule has 1 amide bonds. The van der Waals surface area contributed by atoms with Gasteiger partial charge >= 0.3 is 0 Å². The number of nitrogens with one attached hydrogen (secondary N) is 2. The van der Waals surface area contributed by atoms with Gasteiger partial charge in [0, 0.05) is 31.2 Å². The molecule has 3 unspecified atom stereocenters. The van der Waals surface area contributed by atoms with Gasteiger partial charge in [0.25, 0.3) is 0 Å². The lowest BCUT2D eigenvalue weighted by Gasteiger charge is -2.32. The monoisotopic (exact) mass is 301 g/mol. The topological polar surface area (TPSA) is 78.5 Å². The molecular formula is C13H23N3O3S. The molecule has 3 saturated heterocycles. The first-order chi connectivity index (χ1) is 9.43. The smallest absolute Gasteiger partial charge is 0.224 e. The Bertz CT molecular complexity index is 485. The summed E-state index contributed by atoms with van der Waals surface area (Å²) >= 11 is 0. The first kappa shape index (κ1) is 14.3. The van der Waals surface area contributed by atoms with Gasteiger partial charge in [-0.05, 0) is 32.1 Å². The molecule has 3 aliphatic rings. The Morgan fingerprint density at radius 1 is 1.20 bits per heavy atom. The molecule has 3 atom stereocenters. The van der Waals surface area contributed by atoms with Crippen molar-refractivity contribution in [2.75, 3.05) is 19.3 Å². The van der Waals surface area contributed by atoms with Crippen molar-refractivity contribution in [1.82, 2.24) is 14.9 Å². The second-order valence-corrected chi connectivity index (χ2v) is 8.32. The summed E-state index contributed by atoms with van der Waals surface area (Å²) in [6.07, 6.45) is 5.93. The molecule has 3 fully saturated rings. The van der Waals surface area contributed by atoms with Crippen LogP contribution in [0.4, 0.5) is 0 Å². The molecule has 3 rings (SSSR count). The van der Waals surface area contributed by atoms with Gasteiger partial charge in [-0.2, -0.15) is 0 Å². The third-order valence-electron chi connectivity index (χ3n) is 4.91. The fraction of sp³-hybridized carbons (Fsp3) is 0.923. The van der Waals surface area contributed by atoms with Gasteiger partial charge in [-0.15, -0.1) is 0 Å². The molecule has 0 aromatic rings. The fourth-order valence-electron chi connectivity index (χ4n) is 3.75. The van der Waals surface area contributed by atoms with Crippen LogP contribution in [0.1, 0.15) is 32.1 Å². The highest BCUT2D eigenvalue weighted by molar-refractivity contribution is 7.88. The predicted molar refractivity (Wildman–Crippen MR) is 75.6 cm³/mol. The number of fused-ring (bicyclic) bond motifs is 2. The van der Waals surface area contributed by atoms with Crippen molar-refractivity contribution in [2.45, 2.75) is 50.2 Å². The largest absolute Gasteiger partial charge is 0.353 e. The van der Waals surface area contributed by atoms with Crippen molar-refractivity contribution in [2.24, 2.45) is 5.92 Å². The first-order valence-corrected chi connectivity index (χ1v) is 9.30. The SMILES string of the molecule is CS(=O)(=O)N1CCC(NC(=O)C2CC3CCC2N3)CC1. The zero-order valence-electron chi connectivity index (χ0n) is 11.8. The Hall–Kier alpha value is -0.660. The molecule has 2 bridgehead atoms. The van der Waals surface area contributed by atoms with E-state index >= 15 is 0 Å². The average molecular weight is 301 g/mol. The molecule has 3 aliphatic heterocycles. The minimum Gasteiger partial charge on any atom is -0.353 e. The summed E-state index contributed by atoms with van der Waals surface area (Å²) in [6, 6.07) is 1.01. The number of amides is 1. The van der Waals surface area contributed by atoms with Crippen LogP contribution in [0, 0.1) is 5.92 Å². The Morgan fingerprint density at radius 3 is 2.40 bits per heavy atom. The van der Waals surface area contributed by atoms with Crippen LogP contribution in [0.2, 0.25) is 0 Å². The summed E-state index contributed by atoms with van der Waals surface area (Å²) in [5.74, 6) is 0.268. The number of hydrogen-bond donors (Lipinski definition) is 2. The minimum absolute atomic E-state index is 0.113. The first-order valence-electron chi connectivity index (χ1n) is 7.45. The van der Waals surface area contributed by atoms with E-state index in [4.69, 9.17) is 0 Å². The van der Waals surface area contributed by atoms with E-state index in [1.165, 1.54) is 17.0 Å². The van der Waals surface area contributed by atoms with Crippen molar-refractivity contribution in [3.63, 3.8) is 0 Å². The number of carbonyl (C=O) groups is 1. The maximum atomic E-state index is 12.3. The van der Waals surface area contributed by atoms with Gasteiger partial charge in [-0.3, -0.25) is 4.79 Å². The van der Waals surface area contributed by atoms with Crippen LogP contribution in [0.25, 0.3) is 0 Å². The van der Waals surface area contributed by atoms with Gasteiger partial charge in [-0.1, -0.05) is 0 Å². The van der Waals surface area contributed by atoms with E-state index in [1.807, 2.05) is 0 Å². The molecule has 3 heterocycles. The second kappa shape index (κ2) is 5.27. The van der Waals surface area contributed by atoms with Gasteiger partial charge in [0.2, 0.25) is 15.9 Å². The lowest BCUT2D eigenvalue weighted by atomic mass is 9.88. The van der Waals surface area contributed by atoms with Crippen molar-refractivity contribution in [3.8, 4) is 0 Å². The van der Waals surface area contributed by atoms with Crippen LogP contribution in [-0.4, -0.2) is 56.1 Å². The highest BCUT2D eigenvalue weighted by atomic mass is 32.2. The lowest BCUT2D eigenvalue weighted by molar-refractivity contribution is -0.126. The van der Waals surface area contributed by atoms with E-state index in [0.717, 1.165) is 12.8 Å². The van der Waals surface area contributed by atoms with Crippen molar-refractivity contribution < 1.29 is 13.2 Å². The fourth-order valence-corrected chi connectivity index (χ4v) is 4.63. The standard InChI is InChI=1S/C13H23N3O3S/c1-20(18,19)16-6-4-9(5-7-16)15-13(17)11-8-10-2-3-12(11)14-10/h9-12,14H,2-8H2,1H3,(H,15,17). The summed E-state index contributed by atoms with van der Waals surface area (Å²) in [5.41, 5.74) is 0. The Labute approximate surface area is 120 Å². The quantitative estimate of drug-likeness (QED) is 0.748. The van der Waals surface area contributed by atoms with Crippen molar-refractivity contribution >= 4 is 15.9 Å². The van der Waals surface area contributed by atoms with E-state index in [0.29, 0.717) is 38.0 Å². The Morgan fingerprint density at radius 2 is 1.90 bits per heavy atom. The molecular weight excluding hydrogens is 278 g/mol. The van der Waals surface area contributed by atoms with E-state index < -0.39 is 10.0 Å². The molecule has 0 saturated carbocycles. The van der Waals surface area contributed by atoms with Crippen LogP contribution < -0.4 is 10.6 Å². The number of rotatable bonds is 3. The Kier molecular flexibility index (Phi) is 3.77. The second-order valence-electron chi connectivity index (χ2n) is 6.33. The summed E-state index contributed by atoms with van der Waals surface area (Å²) in [5, 5.41) is 6.59. The van der Waals surface area contributed by atoms with Gasteiger partial charge < -0.3 is 10.6 Å². The maximum Gasteiger partial charge on any atom is 0.224 e. The third-order valence-corrected chi connectivity index (χ3v) is 6.21. The van der Waals surface area contributed by atoms with Gasteiger partial charge in [0.05, 0.1) is 12.2 Å². The predicted octanol–water partition coefficient (Wildman–Crippen LogP) is -0.333. The molecule has 0 aromatic heterocycles. The molecule has 0 spiro atoms. The van der Waals surface area contributed by atoms with Gasteiger partial charge in [0.1, 0.15) is 0 Å². The molecule has 7 heteroatoms. The van der Waals surface area contributed by atoms with E-state index in [2.05, 4.69) is 10.6 Å². The highest BCUT2D eigenvalue weighted by Crippen LogP contribution is 2.33. The third kappa shape index (κ3) is 2.84.